The highest BCUT2D eigenvalue weighted by molar-refractivity contribution is 7.47. The van der Waals surface area contributed by atoms with E-state index in [2.05, 4.69) is 153 Å². The molecule has 0 aromatic carbocycles. The third kappa shape index (κ3) is 48.9. The van der Waals surface area contributed by atoms with Crippen LogP contribution in [-0.4, -0.2) is 74.1 Å². The van der Waals surface area contributed by atoms with Gasteiger partial charge in [0.1, 0.15) is 25.9 Å². The molecule has 0 aromatic rings. The quantitative estimate of drug-likeness (QED) is 0.0209. The van der Waals surface area contributed by atoms with Gasteiger partial charge in [0.2, 0.25) is 0 Å². The summed E-state index contributed by atoms with van der Waals surface area (Å²) in [7, 11) is 1.52. The molecule has 0 aliphatic rings. The van der Waals surface area contributed by atoms with E-state index in [0.29, 0.717) is 11.0 Å². The summed E-state index contributed by atoms with van der Waals surface area (Å²) in [5, 5.41) is 9.91. The molecule has 2 N–H and O–H groups in total. The van der Waals surface area contributed by atoms with Crippen molar-refractivity contribution in [2.45, 2.75) is 129 Å². The summed E-state index contributed by atoms with van der Waals surface area (Å²) < 4.78 is 27.2. The summed E-state index contributed by atoms with van der Waals surface area (Å²) in [6, 6.07) is 0. The summed E-state index contributed by atoms with van der Waals surface area (Å²) >= 11 is 0. The topological polar surface area (TPSA) is 102 Å². The molecule has 9 heteroatoms. The molecule has 0 spiro atoms. The second-order valence-electron chi connectivity index (χ2n) is 15.6. The largest absolute Gasteiger partial charge is 0.472 e. The molecule has 0 aliphatic heterocycles. The number of aliphatic hydroxyl groups is 1. The number of carbonyl (C=O) groups excluding carboxylic acids is 1. The third-order valence-corrected chi connectivity index (χ3v) is 9.60. The number of nitrogens with zero attached hydrogens (tertiary/aromatic N) is 1. The van der Waals surface area contributed by atoms with Crippen molar-refractivity contribution in [2.24, 2.45) is 0 Å². The summed E-state index contributed by atoms with van der Waals surface area (Å²) in [6.45, 7) is 1.96. The number of aliphatic hydroxyl groups excluding tert-OH is 1. The second kappa shape index (κ2) is 43.0. The Balaban J connectivity index is 3.68. The highest BCUT2D eigenvalue weighted by Gasteiger charge is 2.24. The van der Waals surface area contributed by atoms with Gasteiger partial charge in [0.15, 0.2) is 0 Å². The van der Waals surface area contributed by atoms with Crippen molar-refractivity contribution in [1.82, 2.24) is 0 Å². The van der Waals surface area contributed by atoms with Crippen LogP contribution in [0.1, 0.15) is 122 Å². The minimum absolute atomic E-state index is 0.0421. The van der Waals surface area contributed by atoms with Gasteiger partial charge in [-0.1, -0.05) is 166 Å². The fourth-order valence-electron chi connectivity index (χ4n) is 5.11. The van der Waals surface area contributed by atoms with Gasteiger partial charge in [0.05, 0.1) is 27.7 Å². The van der Waals surface area contributed by atoms with E-state index >= 15 is 0 Å². The van der Waals surface area contributed by atoms with Crippen LogP contribution >= 0.6 is 7.82 Å². The molecule has 0 saturated heterocycles. The molecule has 0 saturated carbocycles. The Kier molecular flexibility index (Phi) is 40.5. The van der Waals surface area contributed by atoms with Gasteiger partial charge in [-0.05, 0) is 96.3 Å². The van der Waals surface area contributed by atoms with Crippen LogP contribution in [0.5, 0.6) is 0 Å². The van der Waals surface area contributed by atoms with Crippen LogP contribution in [0.15, 0.2) is 146 Å². The van der Waals surface area contributed by atoms with Crippen LogP contribution in [0.2, 0.25) is 0 Å². The molecular formula is C52H83NO7P+. The number of hydrogen-bond acceptors (Lipinski definition) is 6. The summed E-state index contributed by atoms with van der Waals surface area (Å²) in [4.78, 5) is 21.6. The Morgan fingerprint density at radius 1 is 0.508 bits per heavy atom. The minimum Gasteiger partial charge on any atom is -0.463 e. The van der Waals surface area contributed by atoms with E-state index in [0.717, 1.165) is 109 Å². The van der Waals surface area contributed by atoms with Gasteiger partial charge >= 0.3 is 13.8 Å². The molecule has 0 bridgehead atoms. The fraction of sp³-hybridized carbons (Fsp3) is 0.519. The Labute approximate surface area is 372 Å². The average Bonchev–Trinajstić information content (AvgIpc) is 3.22. The molecular weight excluding hydrogens is 782 g/mol. The van der Waals surface area contributed by atoms with Crippen LogP contribution in [0.3, 0.4) is 0 Å². The van der Waals surface area contributed by atoms with E-state index < -0.39 is 26.5 Å². The number of esters is 1. The maximum Gasteiger partial charge on any atom is 0.472 e. The zero-order valence-corrected chi connectivity index (χ0v) is 39.2. The Hall–Kier alpha value is -3.62. The molecule has 0 aromatic heterocycles. The van der Waals surface area contributed by atoms with Crippen molar-refractivity contribution in [3.05, 3.63) is 146 Å². The summed E-state index contributed by atoms with van der Waals surface area (Å²) in [6.07, 6.45) is 69.0. The lowest BCUT2D eigenvalue weighted by Crippen LogP contribution is -2.37. The summed E-state index contributed by atoms with van der Waals surface area (Å²) in [5.74, 6) is -0.403. The van der Waals surface area contributed by atoms with Crippen molar-refractivity contribution < 1.29 is 37.6 Å². The minimum atomic E-state index is -4.27. The molecule has 0 heterocycles. The second-order valence-corrected chi connectivity index (χ2v) is 17.0. The van der Waals surface area contributed by atoms with E-state index in [1.165, 1.54) is 0 Å². The number of unbranched alkanes of at least 4 members (excludes halogenated alkanes) is 4. The van der Waals surface area contributed by atoms with E-state index in [9.17, 15) is 19.4 Å². The van der Waals surface area contributed by atoms with Crippen LogP contribution in [0.25, 0.3) is 0 Å². The number of hydrogen-bond donors (Lipinski definition) is 2. The van der Waals surface area contributed by atoms with Crippen molar-refractivity contribution >= 4 is 13.8 Å². The van der Waals surface area contributed by atoms with Gasteiger partial charge in [0.25, 0.3) is 0 Å². The van der Waals surface area contributed by atoms with Crippen LogP contribution < -0.4 is 0 Å². The number of rotatable bonds is 39. The molecule has 0 rings (SSSR count). The predicted octanol–water partition coefficient (Wildman–Crippen LogP) is 13.4. The van der Waals surface area contributed by atoms with Crippen LogP contribution in [-0.2, 0) is 23.1 Å². The lowest BCUT2D eigenvalue weighted by Gasteiger charge is -2.24. The van der Waals surface area contributed by atoms with Gasteiger partial charge < -0.3 is 19.2 Å². The monoisotopic (exact) mass is 865 g/mol. The molecule has 0 amide bonds. The predicted molar refractivity (Wildman–Crippen MR) is 260 cm³/mol. The SMILES string of the molecule is CC/C=C\C/C=C\C/C=C\C/C=C\C/C=C\C/C=C\C/C=C\C/C=C\C/C=C\C/C=C\C/C=C\C/C=C\CCCCCCC(=O)OCC(O)COP(=O)(O)OCC[N+](C)(C)C. The standard InChI is InChI=1S/C52H82NO7P/c1-5-6-7-8-9-10-11-12-13-14-15-16-17-18-19-20-21-22-23-24-25-26-27-28-29-30-31-32-33-34-35-36-37-38-39-40-41-42-43-44-45-46-52(55)58-49-51(54)50-60-61(56,57)59-48-47-53(2,3)4/h6-7,9-10,12-13,15-16,18-19,21-22,24-25,27-28,30-31,33-34,36-37,39-40,51,54H,5,8,11,14,17,20,23,26,29,32,35,38,41-50H2,1-4H3/p+1/b7-6-,10-9-,13-12-,16-15-,19-18-,22-21-,25-24-,28-27-,31-30-,34-33-,37-36-,40-39-. The molecule has 2 atom stereocenters. The first kappa shape index (κ1) is 57.4. The Morgan fingerprint density at radius 2 is 0.852 bits per heavy atom. The summed E-state index contributed by atoms with van der Waals surface area (Å²) in [5.41, 5.74) is 0. The van der Waals surface area contributed by atoms with E-state index in [-0.39, 0.29) is 19.6 Å². The third-order valence-electron chi connectivity index (χ3n) is 8.61. The molecule has 342 valence electrons. The van der Waals surface area contributed by atoms with Crippen LogP contribution in [0.4, 0.5) is 0 Å². The van der Waals surface area contributed by atoms with E-state index in [1.54, 1.807) is 0 Å². The zero-order chi connectivity index (χ0) is 44.8. The highest BCUT2D eigenvalue weighted by Crippen LogP contribution is 2.43. The van der Waals surface area contributed by atoms with E-state index in [1.807, 2.05) is 21.1 Å². The molecule has 0 radical (unpaired) electrons. The van der Waals surface area contributed by atoms with Crippen LogP contribution in [0, 0.1) is 0 Å². The fourth-order valence-corrected chi connectivity index (χ4v) is 5.86. The first-order valence-corrected chi connectivity index (χ1v) is 24.1. The van der Waals surface area contributed by atoms with Gasteiger partial charge in [-0.15, -0.1) is 0 Å². The molecule has 8 nitrogen and oxygen atoms in total. The lowest BCUT2D eigenvalue weighted by atomic mass is 10.1. The van der Waals surface area contributed by atoms with Gasteiger partial charge in [-0.2, -0.15) is 0 Å². The van der Waals surface area contributed by atoms with Crippen molar-refractivity contribution in [2.75, 3.05) is 47.5 Å². The molecule has 61 heavy (non-hydrogen) atoms. The van der Waals surface area contributed by atoms with E-state index in [4.69, 9.17) is 13.8 Å². The number of allylic oxidation sites excluding steroid dienone is 24. The Bertz CT molecular complexity index is 1470. The number of likely N-dealkylation sites (N-methyl/N-ethyl adjacent to an activating group) is 1. The highest BCUT2D eigenvalue weighted by atomic mass is 31.2. The molecule has 2 unspecified atom stereocenters. The average molecular weight is 865 g/mol. The van der Waals surface area contributed by atoms with Crippen molar-refractivity contribution in [3.8, 4) is 0 Å². The molecule has 0 aliphatic carbocycles. The van der Waals surface area contributed by atoms with Gasteiger partial charge in [0, 0.05) is 6.42 Å². The number of quaternary nitrogens is 1. The maximum absolute atomic E-state index is 11.9. The number of phosphoric ester groups is 1. The Morgan fingerprint density at radius 3 is 1.21 bits per heavy atom. The van der Waals surface area contributed by atoms with Gasteiger partial charge in [-0.3, -0.25) is 13.8 Å². The zero-order valence-electron chi connectivity index (χ0n) is 38.3. The normalized spacial score (nSPS) is 15.0. The van der Waals surface area contributed by atoms with Gasteiger partial charge in [-0.25, -0.2) is 4.57 Å². The first-order valence-electron chi connectivity index (χ1n) is 22.6. The molecule has 0 fully saturated rings. The maximum atomic E-state index is 11.9. The first-order chi connectivity index (χ1) is 29.6. The number of ether oxygens (including phenoxy) is 1. The van der Waals surface area contributed by atoms with Crippen molar-refractivity contribution in [3.63, 3.8) is 0 Å². The number of carbonyl (C=O) groups is 1. The number of phosphoric acid groups is 1. The smallest absolute Gasteiger partial charge is 0.463 e. The lowest BCUT2D eigenvalue weighted by molar-refractivity contribution is -0.870. The van der Waals surface area contributed by atoms with Crippen molar-refractivity contribution in [1.29, 1.82) is 0 Å².